The Bertz CT molecular complexity index is 608. The molecule has 0 saturated carbocycles. The normalized spacial score (nSPS) is 10.6. The van der Waals surface area contributed by atoms with E-state index in [-0.39, 0.29) is 5.56 Å². The predicted octanol–water partition coefficient (Wildman–Crippen LogP) is 3.24. The van der Waals surface area contributed by atoms with E-state index in [1.54, 1.807) is 12.4 Å². The smallest absolute Gasteiger partial charge is 0.336 e. The Balaban J connectivity index is 2.50. The van der Waals surface area contributed by atoms with Gasteiger partial charge in [-0.1, -0.05) is 23.2 Å². The van der Waals surface area contributed by atoms with Crippen molar-refractivity contribution in [3.8, 4) is 0 Å². The summed E-state index contributed by atoms with van der Waals surface area (Å²) >= 11 is 11.9. The molecule has 1 N–H and O–H groups in total. The molecule has 0 radical (unpaired) electrons. The lowest BCUT2D eigenvalue weighted by atomic mass is 10.1. The topological polar surface area (TPSA) is 55.1 Å². The Labute approximate surface area is 114 Å². The van der Waals surface area contributed by atoms with Crippen molar-refractivity contribution in [2.24, 2.45) is 0 Å². The van der Waals surface area contributed by atoms with E-state index in [1.807, 2.05) is 11.5 Å². The van der Waals surface area contributed by atoms with Gasteiger partial charge in [0, 0.05) is 28.0 Å². The van der Waals surface area contributed by atoms with Crippen LogP contribution in [0.1, 0.15) is 21.7 Å². The molecule has 1 heterocycles. The van der Waals surface area contributed by atoms with Gasteiger partial charge in [-0.3, -0.25) is 0 Å². The number of imidazole rings is 1. The Morgan fingerprint density at radius 3 is 2.72 bits per heavy atom. The second-order valence-electron chi connectivity index (χ2n) is 3.82. The number of carboxylic acid groups (broad SMARTS) is 1. The van der Waals surface area contributed by atoms with E-state index in [1.165, 1.54) is 12.1 Å². The average Bonchev–Trinajstić information content (AvgIpc) is 2.67. The summed E-state index contributed by atoms with van der Waals surface area (Å²) in [6.07, 6.45) is 3.42. The van der Waals surface area contributed by atoms with Crippen molar-refractivity contribution in [1.82, 2.24) is 9.55 Å². The monoisotopic (exact) mass is 284 g/mol. The predicted molar refractivity (Wildman–Crippen MR) is 69.5 cm³/mol. The molecule has 0 unspecified atom stereocenters. The summed E-state index contributed by atoms with van der Waals surface area (Å²) in [5.41, 5.74) is 0.635. The second kappa shape index (κ2) is 5.00. The summed E-state index contributed by atoms with van der Waals surface area (Å²) < 4.78 is 1.82. The number of halogens is 2. The average molecular weight is 285 g/mol. The van der Waals surface area contributed by atoms with Gasteiger partial charge in [-0.25, -0.2) is 9.78 Å². The number of carboxylic acids is 1. The maximum Gasteiger partial charge on any atom is 0.336 e. The lowest BCUT2D eigenvalue weighted by Crippen LogP contribution is -2.08. The van der Waals surface area contributed by atoms with Gasteiger partial charge in [0.1, 0.15) is 5.82 Å². The van der Waals surface area contributed by atoms with Crippen LogP contribution in [0.2, 0.25) is 10.0 Å². The van der Waals surface area contributed by atoms with Gasteiger partial charge in [-0.2, -0.15) is 0 Å². The second-order valence-corrected chi connectivity index (χ2v) is 4.66. The molecule has 0 amide bonds. The van der Waals surface area contributed by atoms with Crippen LogP contribution in [0.3, 0.4) is 0 Å². The van der Waals surface area contributed by atoms with E-state index >= 15 is 0 Å². The van der Waals surface area contributed by atoms with Gasteiger partial charge in [-0.15, -0.1) is 0 Å². The number of hydrogen-bond donors (Lipinski definition) is 1. The van der Waals surface area contributed by atoms with Crippen LogP contribution < -0.4 is 0 Å². The first-order valence-electron chi connectivity index (χ1n) is 5.18. The number of benzene rings is 1. The van der Waals surface area contributed by atoms with E-state index < -0.39 is 5.97 Å². The maximum absolute atomic E-state index is 11.2. The molecular weight excluding hydrogens is 275 g/mol. The quantitative estimate of drug-likeness (QED) is 0.941. The number of hydrogen-bond acceptors (Lipinski definition) is 2. The minimum absolute atomic E-state index is 0.112. The van der Waals surface area contributed by atoms with E-state index in [0.29, 0.717) is 22.2 Å². The number of aromatic nitrogens is 2. The van der Waals surface area contributed by atoms with Crippen LogP contribution in [-0.4, -0.2) is 20.6 Å². The number of aryl methyl sites for hydroxylation is 1. The maximum atomic E-state index is 11.2. The van der Waals surface area contributed by atoms with Crippen molar-refractivity contribution < 1.29 is 9.90 Å². The fourth-order valence-electron chi connectivity index (χ4n) is 1.70. The molecule has 18 heavy (non-hydrogen) atoms. The number of aromatic carboxylic acids is 1. The third-order valence-corrected chi connectivity index (χ3v) is 3.20. The van der Waals surface area contributed by atoms with Gasteiger partial charge in [0.05, 0.1) is 12.1 Å². The van der Waals surface area contributed by atoms with Crippen molar-refractivity contribution in [2.75, 3.05) is 0 Å². The zero-order valence-electron chi connectivity index (χ0n) is 9.52. The highest BCUT2D eigenvalue weighted by Gasteiger charge is 2.15. The largest absolute Gasteiger partial charge is 0.478 e. The minimum Gasteiger partial charge on any atom is -0.478 e. The molecule has 6 heteroatoms. The Morgan fingerprint density at radius 2 is 2.17 bits per heavy atom. The fourth-order valence-corrected chi connectivity index (χ4v) is 2.25. The standard InChI is InChI=1S/C12H10Cl2N2O2/c1-7-15-2-3-16(7)6-10-9(12(17)18)4-8(13)5-11(10)14/h2-5H,6H2,1H3,(H,17,18). The summed E-state index contributed by atoms with van der Waals surface area (Å²) in [5.74, 6) is -0.260. The fraction of sp³-hybridized carbons (Fsp3) is 0.167. The minimum atomic E-state index is -1.05. The van der Waals surface area contributed by atoms with Gasteiger partial charge in [0.15, 0.2) is 0 Å². The molecule has 2 aromatic rings. The molecule has 0 aliphatic carbocycles. The molecule has 0 saturated heterocycles. The third kappa shape index (κ3) is 2.49. The lowest BCUT2D eigenvalue weighted by molar-refractivity contribution is 0.0695. The van der Waals surface area contributed by atoms with Crippen molar-refractivity contribution in [3.63, 3.8) is 0 Å². The van der Waals surface area contributed by atoms with Crippen molar-refractivity contribution in [2.45, 2.75) is 13.5 Å². The molecule has 1 aromatic carbocycles. The Hall–Kier alpha value is -1.52. The SMILES string of the molecule is Cc1nccn1Cc1c(Cl)cc(Cl)cc1C(=O)O. The zero-order valence-corrected chi connectivity index (χ0v) is 11.0. The van der Waals surface area contributed by atoms with Crippen LogP contribution in [-0.2, 0) is 6.54 Å². The molecule has 1 aromatic heterocycles. The molecular formula is C12H10Cl2N2O2. The molecule has 0 fully saturated rings. The van der Waals surface area contributed by atoms with Gasteiger partial charge < -0.3 is 9.67 Å². The molecule has 0 atom stereocenters. The van der Waals surface area contributed by atoms with E-state index in [2.05, 4.69) is 4.98 Å². The summed E-state index contributed by atoms with van der Waals surface area (Å²) in [4.78, 5) is 15.3. The van der Waals surface area contributed by atoms with Gasteiger partial charge in [0.25, 0.3) is 0 Å². The van der Waals surface area contributed by atoms with Crippen molar-refractivity contribution >= 4 is 29.2 Å². The summed E-state index contributed by atoms with van der Waals surface area (Å²) in [6.45, 7) is 2.19. The van der Waals surface area contributed by atoms with Crippen LogP contribution >= 0.6 is 23.2 Å². The highest BCUT2D eigenvalue weighted by molar-refractivity contribution is 6.35. The lowest BCUT2D eigenvalue weighted by Gasteiger charge is -2.11. The molecule has 0 aliphatic heterocycles. The molecule has 0 aliphatic rings. The highest BCUT2D eigenvalue weighted by Crippen LogP contribution is 2.26. The Kier molecular flexibility index (Phi) is 3.59. The van der Waals surface area contributed by atoms with Gasteiger partial charge >= 0.3 is 5.97 Å². The number of carbonyl (C=O) groups is 1. The van der Waals surface area contributed by atoms with Crippen LogP contribution in [0.25, 0.3) is 0 Å². The first kappa shape index (κ1) is 12.9. The van der Waals surface area contributed by atoms with Crippen LogP contribution in [0.15, 0.2) is 24.5 Å². The van der Waals surface area contributed by atoms with E-state index in [9.17, 15) is 9.90 Å². The van der Waals surface area contributed by atoms with Crippen molar-refractivity contribution in [3.05, 3.63) is 51.5 Å². The first-order valence-corrected chi connectivity index (χ1v) is 5.93. The third-order valence-electron chi connectivity index (χ3n) is 2.64. The first-order chi connectivity index (χ1) is 8.49. The summed E-state index contributed by atoms with van der Waals surface area (Å²) in [6, 6.07) is 2.94. The van der Waals surface area contributed by atoms with Crippen molar-refractivity contribution in [1.29, 1.82) is 0 Å². The molecule has 0 spiro atoms. The van der Waals surface area contributed by atoms with E-state index in [4.69, 9.17) is 23.2 Å². The Morgan fingerprint density at radius 1 is 1.44 bits per heavy atom. The van der Waals surface area contributed by atoms with Gasteiger partial charge in [0.2, 0.25) is 0 Å². The molecule has 2 rings (SSSR count). The number of rotatable bonds is 3. The van der Waals surface area contributed by atoms with Crippen LogP contribution in [0, 0.1) is 6.92 Å². The molecule has 4 nitrogen and oxygen atoms in total. The van der Waals surface area contributed by atoms with E-state index in [0.717, 1.165) is 5.82 Å². The number of nitrogens with zero attached hydrogens (tertiary/aromatic N) is 2. The zero-order chi connectivity index (χ0) is 13.3. The van der Waals surface area contributed by atoms with Gasteiger partial charge in [-0.05, 0) is 19.1 Å². The molecule has 0 bridgehead atoms. The summed E-state index contributed by atoms with van der Waals surface area (Å²) in [7, 11) is 0. The van der Waals surface area contributed by atoms with Crippen LogP contribution in [0.4, 0.5) is 0 Å². The summed E-state index contributed by atoms with van der Waals surface area (Å²) in [5, 5.41) is 9.82. The molecule has 94 valence electrons. The van der Waals surface area contributed by atoms with Crippen LogP contribution in [0.5, 0.6) is 0 Å². The highest BCUT2D eigenvalue weighted by atomic mass is 35.5.